The van der Waals surface area contributed by atoms with Gasteiger partial charge in [0.1, 0.15) is 25.0 Å². The second kappa shape index (κ2) is 10.5. The van der Waals surface area contributed by atoms with Crippen molar-refractivity contribution in [3.63, 3.8) is 0 Å². The van der Waals surface area contributed by atoms with Crippen molar-refractivity contribution in [2.24, 2.45) is 0 Å². The number of aryl methyl sites for hydroxylation is 1. The molecule has 34 heavy (non-hydrogen) atoms. The summed E-state index contributed by atoms with van der Waals surface area (Å²) in [5.74, 6) is 0.721. The fourth-order valence-electron chi connectivity index (χ4n) is 3.57. The molecule has 8 heteroatoms. The van der Waals surface area contributed by atoms with Crippen LogP contribution in [-0.2, 0) is 6.61 Å². The Hall–Kier alpha value is -2.97. The number of carbonyl (C=O) groups is 1. The highest BCUT2D eigenvalue weighted by Crippen LogP contribution is 2.35. The van der Waals surface area contributed by atoms with Crippen LogP contribution in [0.3, 0.4) is 0 Å². The van der Waals surface area contributed by atoms with Gasteiger partial charge in [0.25, 0.3) is 5.91 Å². The van der Waals surface area contributed by atoms with Crippen LogP contribution in [0, 0.1) is 6.92 Å². The highest BCUT2D eigenvalue weighted by Gasteiger charge is 2.19. The summed E-state index contributed by atoms with van der Waals surface area (Å²) in [5.41, 5.74) is 4.72. The first kappa shape index (κ1) is 24.2. The number of amides is 1. The predicted octanol–water partition coefficient (Wildman–Crippen LogP) is 6.51. The maximum absolute atomic E-state index is 13.1. The first-order valence-corrected chi connectivity index (χ1v) is 12.3. The van der Waals surface area contributed by atoms with Gasteiger partial charge in [0.2, 0.25) is 0 Å². The standard InChI is InChI=1S/C26H24Br2N4O2/c1-17-12-23(27)25(24(28)13-17)34-14-19-4-6-21(7-5-19)26(33)31(3)18(2)20-8-10-22(11-9-20)32-16-29-15-30-32/h4-13,15-16,18H,14H2,1-3H3/t18-/m0/s1. The Morgan fingerprint density at radius 3 is 2.29 bits per heavy atom. The van der Waals surface area contributed by atoms with Gasteiger partial charge in [-0.2, -0.15) is 5.10 Å². The SMILES string of the molecule is Cc1cc(Br)c(OCc2ccc(C(=O)N(C)[C@@H](C)c3ccc(-n4cncn4)cc3)cc2)c(Br)c1. The number of halogens is 2. The van der Waals surface area contributed by atoms with E-state index in [4.69, 9.17) is 4.74 Å². The second-order valence-electron chi connectivity index (χ2n) is 8.07. The molecule has 1 heterocycles. The summed E-state index contributed by atoms with van der Waals surface area (Å²) < 4.78 is 9.49. The minimum Gasteiger partial charge on any atom is -0.487 e. The normalized spacial score (nSPS) is 11.8. The Morgan fingerprint density at radius 1 is 1.06 bits per heavy atom. The Kier molecular flexibility index (Phi) is 7.48. The molecular weight excluding hydrogens is 560 g/mol. The van der Waals surface area contributed by atoms with Gasteiger partial charge < -0.3 is 9.64 Å². The zero-order valence-electron chi connectivity index (χ0n) is 19.1. The van der Waals surface area contributed by atoms with Crippen LogP contribution in [0.4, 0.5) is 0 Å². The third-order valence-electron chi connectivity index (χ3n) is 5.69. The van der Waals surface area contributed by atoms with E-state index in [1.165, 1.54) is 6.33 Å². The lowest BCUT2D eigenvalue weighted by Crippen LogP contribution is -2.29. The van der Waals surface area contributed by atoms with Crippen LogP contribution in [0.5, 0.6) is 5.75 Å². The molecule has 0 unspecified atom stereocenters. The summed E-state index contributed by atoms with van der Waals surface area (Å²) in [5, 5.41) is 4.14. The summed E-state index contributed by atoms with van der Waals surface area (Å²) in [6.07, 6.45) is 3.15. The van der Waals surface area contributed by atoms with Crippen LogP contribution in [0.25, 0.3) is 5.69 Å². The van der Waals surface area contributed by atoms with Gasteiger partial charge in [0, 0.05) is 12.6 Å². The summed E-state index contributed by atoms with van der Waals surface area (Å²) in [4.78, 5) is 18.8. The number of nitrogens with zero attached hydrogens (tertiary/aromatic N) is 4. The summed E-state index contributed by atoms with van der Waals surface area (Å²) in [6.45, 7) is 4.45. The molecule has 0 saturated heterocycles. The van der Waals surface area contributed by atoms with Gasteiger partial charge in [-0.15, -0.1) is 0 Å². The quantitative estimate of drug-likeness (QED) is 0.249. The van der Waals surface area contributed by atoms with Gasteiger partial charge in [0.05, 0.1) is 20.7 Å². The molecule has 3 aromatic carbocycles. The van der Waals surface area contributed by atoms with Gasteiger partial charge in [0.15, 0.2) is 0 Å². The molecule has 6 nitrogen and oxygen atoms in total. The van der Waals surface area contributed by atoms with Crippen LogP contribution >= 0.6 is 31.9 Å². The van der Waals surface area contributed by atoms with E-state index in [-0.39, 0.29) is 11.9 Å². The van der Waals surface area contributed by atoms with Crippen molar-refractivity contribution in [3.05, 3.63) is 105 Å². The van der Waals surface area contributed by atoms with Crippen LogP contribution in [0.1, 0.15) is 40.0 Å². The van der Waals surface area contributed by atoms with E-state index in [1.807, 2.05) is 81.6 Å². The molecule has 0 saturated carbocycles. The summed E-state index contributed by atoms with van der Waals surface area (Å²) in [6, 6.07) is 19.4. The third kappa shape index (κ3) is 5.39. The average Bonchev–Trinajstić information content (AvgIpc) is 3.37. The largest absolute Gasteiger partial charge is 0.487 e. The molecule has 0 spiro atoms. The number of ether oxygens (including phenoxy) is 1. The summed E-state index contributed by atoms with van der Waals surface area (Å²) in [7, 11) is 1.82. The molecule has 0 aliphatic heterocycles. The van der Waals surface area contributed by atoms with Crippen LogP contribution < -0.4 is 4.74 Å². The van der Waals surface area contributed by atoms with Crippen molar-refractivity contribution in [1.82, 2.24) is 19.7 Å². The zero-order chi connectivity index (χ0) is 24.2. The number of hydrogen-bond donors (Lipinski definition) is 0. The topological polar surface area (TPSA) is 60.2 Å². The monoisotopic (exact) mass is 582 g/mol. The Labute approximate surface area is 215 Å². The Morgan fingerprint density at radius 2 is 1.71 bits per heavy atom. The maximum Gasteiger partial charge on any atom is 0.254 e. The molecule has 0 bridgehead atoms. The number of aromatic nitrogens is 3. The zero-order valence-corrected chi connectivity index (χ0v) is 22.2. The first-order valence-electron chi connectivity index (χ1n) is 10.7. The lowest BCUT2D eigenvalue weighted by Gasteiger charge is -2.25. The van der Waals surface area contributed by atoms with Gasteiger partial charge in [-0.1, -0.05) is 24.3 Å². The fourth-order valence-corrected chi connectivity index (χ4v) is 5.22. The number of carbonyl (C=O) groups excluding carboxylic acids is 1. The first-order chi connectivity index (χ1) is 16.3. The molecule has 174 valence electrons. The smallest absolute Gasteiger partial charge is 0.254 e. The highest BCUT2D eigenvalue weighted by atomic mass is 79.9. The molecule has 0 aliphatic rings. The second-order valence-corrected chi connectivity index (χ2v) is 9.78. The van der Waals surface area contributed by atoms with Crippen molar-refractivity contribution in [2.75, 3.05) is 7.05 Å². The minimum absolute atomic E-state index is 0.0376. The van der Waals surface area contributed by atoms with Crippen molar-refractivity contribution in [1.29, 1.82) is 0 Å². The van der Waals surface area contributed by atoms with Crippen LogP contribution in [-0.4, -0.2) is 32.6 Å². The number of benzene rings is 3. The van der Waals surface area contributed by atoms with E-state index in [9.17, 15) is 4.79 Å². The van der Waals surface area contributed by atoms with E-state index in [0.29, 0.717) is 12.2 Å². The van der Waals surface area contributed by atoms with Gasteiger partial charge in [-0.25, -0.2) is 9.67 Å². The van der Waals surface area contributed by atoms with Gasteiger partial charge in [-0.05, 0) is 98.8 Å². The molecular formula is C26H24Br2N4O2. The number of rotatable bonds is 7. The van der Waals surface area contributed by atoms with E-state index in [2.05, 4.69) is 41.9 Å². The Balaban J connectivity index is 1.40. The lowest BCUT2D eigenvalue weighted by molar-refractivity contribution is 0.0742. The van der Waals surface area contributed by atoms with E-state index in [1.54, 1.807) is 15.9 Å². The molecule has 4 rings (SSSR count). The van der Waals surface area contributed by atoms with E-state index >= 15 is 0 Å². The molecule has 1 amide bonds. The van der Waals surface area contributed by atoms with Crippen molar-refractivity contribution in [2.45, 2.75) is 26.5 Å². The van der Waals surface area contributed by atoms with E-state index < -0.39 is 0 Å². The predicted molar refractivity (Wildman–Crippen MR) is 139 cm³/mol. The van der Waals surface area contributed by atoms with Gasteiger partial charge in [-0.3, -0.25) is 4.79 Å². The molecule has 1 aromatic heterocycles. The molecule has 0 radical (unpaired) electrons. The number of hydrogen-bond acceptors (Lipinski definition) is 4. The molecule has 0 fully saturated rings. The molecule has 0 aliphatic carbocycles. The molecule has 0 N–H and O–H groups in total. The third-order valence-corrected chi connectivity index (χ3v) is 6.86. The maximum atomic E-state index is 13.1. The molecule has 1 atom stereocenters. The van der Waals surface area contributed by atoms with Crippen LogP contribution in [0.15, 0.2) is 82.3 Å². The van der Waals surface area contributed by atoms with E-state index in [0.717, 1.165) is 37.1 Å². The van der Waals surface area contributed by atoms with Gasteiger partial charge >= 0.3 is 0 Å². The fraction of sp³-hybridized carbons (Fsp3) is 0.192. The van der Waals surface area contributed by atoms with Crippen molar-refractivity contribution >= 4 is 37.8 Å². The van der Waals surface area contributed by atoms with Crippen molar-refractivity contribution < 1.29 is 9.53 Å². The lowest BCUT2D eigenvalue weighted by atomic mass is 10.1. The molecule has 4 aromatic rings. The Bertz CT molecular complexity index is 1250. The highest BCUT2D eigenvalue weighted by molar-refractivity contribution is 9.11. The minimum atomic E-state index is -0.0865. The summed E-state index contributed by atoms with van der Waals surface area (Å²) >= 11 is 7.10. The van der Waals surface area contributed by atoms with Crippen molar-refractivity contribution in [3.8, 4) is 11.4 Å². The van der Waals surface area contributed by atoms with Crippen LogP contribution in [0.2, 0.25) is 0 Å². The average molecular weight is 584 g/mol.